The third-order valence-electron chi connectivity index (χ3n) is 3.55. The van der Waals surface area contributed by atoms with Crippen LogP contribution in [0, 0.1) is 6.92 Å². The van der Waals surface area contributed by atoms with Crippen LogP contribution in [-0.4, -0.2) is 23.4 Å². The smallest absolute Gasteiger partial charge is 0.246 e. The van der Waals surface area contributed by atoms with Crippen LogP contribution in [0.4, 0.5) is 0 Å². The van der Waals surface area contributed by atoms with Gasteiger partial charge in [-0.05, 0) is 44.7 Å². The fraction of sp³-hybridized carbons (Fsp3) is 0.438. The summed E-state index contributed by atoms with van der Waals surface area (Å²) in [4.78, 5) is 14.1. The maximum Gasteiger partial charge on any atom is 0.246 e. The van der Waals surface area contributed by atoms with E-state index in [4.69, 9.17) is 0 Å². The monoisotopic (exact) mass is 243 g/mol. The molecule has 1 saturated heterocycles. The Bertz CT molecular complexity index is 450. The van der Waals surface area contributed by atoms with Gasteiger partial charge in [0.15, 0.2) is 0 Å². The Morgan fingerprint density at radius 3 is 2.94 bits per heavy atom. The molecule has 1 aromatic carbocycles. The summed E-state index contributed by atoms with van der Waals surface area (Å²) >= 11 is 0. The van der Waals surface area contributed by atoms with Gasteiger partial charge in [0.05, 0.1) is 0 Å². The number of likely N-dealkylation sites (tertiary alicyclic amines) is 1. The number of carbonyl (C=O) groups excluding carboxylic acids is 1. The number of amides is 1. The molecule has 1 unspecified atom stereocenters. The minimum Gasteiger partial charge on any atom is -0.336 e. The third kappa shape index (κ3) is 3.22. The van der Waals surface area contributed by atoms with Crippen LogP contribution in [0.5, 0.6) is 0 Å². The lowest BCUT2D eigenvalue weighted by Gasteiger charge is -2.32. The van der Waals surface area contributed by atoms with E-state index in [0.29, 0.717) is 6.04 Å². The minimum atomic E-state index is 0.142. The first kappa shape index (κ1) is 12.9. The molecule has 2 rings (SSSR count). The second-order valence-corrected chi connectivity index (χ2v) is 5.12. The molecule has 1 aromatic rings. The van der Waals surface area contributed by atoms with Gasteiger partial charge in [-0.25, -0.2) is 0 Å². The molecule has 1 heterocycles. The largest absolute Gasteiger partial charge is 0.336 e. The van der Waals surface area contributed by atoms with Gasteiger partial charge in [-0.2, -0.15) is 0 Å². The van der Waals surface area contributed by atoms with E-state index in [-0.39, 0.29) is 5.91 Å². The van der Waals surface area contributed by atoms with E-state index in [9.17, 15) is 4.79 Å². The van der Waals surface area contributed by atoms with Gasteiger partial charge in [0.2, 0.25) is 5.91 Å². The molecular formula is C16H21NO. The lowest BCUT2D eigenvalue weighted by molar-refractivity contribution is -0.129. The molecule has 18 heavy (non-hydrogen) atoms. The first-order valence-electron chi connectivity index (χ1n) is 6.72. The molecule has 2 heteroatoms. The van der Waals surface area contributed by atoms with Gasteiger partial charge in [0.25, 0.3) is 0 Å². The van der Waals surface area contributed by atoms with Crippen molar-refractivity contribution in [2.75, 3.05) is 6.54 Å². The standard InChI is InChI=1S/C16H21NO/c1-13-6-5-8-15(12-13)9-10-16(18)17-11-4-3-7-14(17)2/h5-6,8-10,12,14H,3-4,7,11H2,1-2H3/b10-9+. The topological polar surface area (TPSA) is 20.3 Å². The van der Waals surface area contributed by atoms with Gasteiger partial charge in [-0.15, -0.1) is 0 Å². The van der Waals surface area contributed by atoms with E-state index >= 15 is 0 Å². The van der Waals surface area contributed by atoms with E-state index in [0.717, 1.165) is 24.9 Å². The highest BCUT2D eigenvalue weighted by Gasteiger charge is 2.20. The fourth-order valence-corrected chi connectivity index (χ4v) is 2.46. The van der Waals surface area contributed by atoms with Crippen molar-refractivity contribution in [2.24, 2.45) is 0 Å². The molecule has 1 aliphatic heterocycles. The van der Waals surface area contributed by atoms with Crippen molar-refractivity contribution >= 4 is 12.0 Å². The summed E-state index contributed by atoms with van der Waals surface area (Å²) in [6, 6.07) is 8.57. The highest BCUT2D eigenvalue weighted by atomic mass is 16.2. The zero-order valence-corrected chi connectivity index (χ0v) is 11.2. The van der Waals surface area contributed by atoms with E-state index in [1.807, 2.05) is 23.1 Å². The van der Waals surface area contributed by atoms with Crippen LogP contribution in [0.2, 0.25) is 0 Å². The Labute approximate surface area is 109 Å². The molecule has 0 saturated carbocycles. The van der Waals surface area contributed by atoms with Gasteiger partial charge >= 0.3 is 0 Å². The number of piperidine rings is 1. The molecule has 0 spiro atoms. The molecule has 0 radical (unpaired) electrons. The molecule has 0 aliphatic carbocycles. The molecule has 0 bridgehead atoms. The zero-order valence-electron chi connectivity index (χ0n) is 11.2. The van der Waals surface area contributed by atoms with Gasteiger partial charge < -0.3 is 4.90 Å². The SMILES string of the molecule is Cc1cccc(/C=C/C(=O)N2CCCCC2C)c1. The number of rotatable bonds is 2. The van der Waals surface area contributed by atoms with Crippen LogP contribution in [0.1, 0.15) is 37.3 Å². The van der Waals surface area contributed by atoms with Gasteiger partial charge in [-0.1, -0.05) is 29.8 Å². The molecule has 1 aliphatic rings. The first-order valence-corrected chi connectivity index (χ1v) is 6.72. The molecule has 96 valence electrons. The van der Waals surface area contributed by atoms with Crippen molar-refractivity contribution in [3.63, 3.8) is 0 Å². The number of carbonyl (C=O) groups is 1. The van der Waals surface area contributed by atoms with Crippen molar-refractivity contribution in [1.82, 2.24) is 4.90 Å². The summed E-state index contributed by atoms with van der Waals surface area (Å²) in [5.41, 5.74) is 2.31. The van der Waals surface area contributed by atoms with Crippen LogP contribution < -0.4 is 0 Å². The molecule has 0 aromatic heterocycles. The number of aryl methyl sites for hydroxylation is 1. The quantitative estimate of drug-likeness (QED) is 0.729. The van der Waals surface area contributed by atoms with E-state index in [2.05, 4.69) is 26.0 Å². The normalized spacial score (nSPS) is 20.3. The predicted molar refractivity (Wildman–Crippen MR) is 75.2 cm³/mol. The number of hydrogen-bond donors (Lipinski definition) is 0. The predicted octanol–water partition coefficient (Wildman–Crippen LogP) is 3.41. The van der Waals surface area contributed by atoms with Crippen LogP contribution in [0.15, 0.2) is 30.3 Å². The van der Waals surface area contributed by atoms with Gasteiger partial charge in [0.1, 0.15) is 0 Å². The van der Waals surface area contributed by atoms with Crippen molar-refractivity contribution in [3.8, 4) is 0 Å². The van der Waals surface area contributed by atoms with Crippen molar-refractivity contribution in [2.45, 2.75) is 39.2 Å². The summed E-state index contributed by atoms with van der Waals surface area (Å²) in [5.74, 6) is 0.142. The summed E-state index contributed by atoms with van der Waals surface area (Å²) in [6.07, 6.45) is 7.12. The van der Waals surface area contributed by atoms with Crippen LogP contribution >= 0.6 is 0 Å². The molecule has 0 N–H and O–H groups in total. The zero-order chi connectivity index (χ0) is 13.0. The van der Waals surface area contributed by atoms with E-state index < -0.39 is 0 Å². The lowest BCUT2D eigenvalue weighted by atomic mass is 10.0. The fourth-order valence-electron chi connectivity index (χ4n) is 2.46. The Morgan fingerprint density at radius 2 is 2.22 bits per heavy atom. The molecule has 1 atom stereocenters. The lowest BCUT2D eigenvalue weighted by Crippen LogP contribution is -2.41. The van der Waals surface area contributed by atoms with Crippen LogP contribution in [0.3, 0.4) is 0 Å². The number of nitrogens with zero attached hydrogens (tertiary/aromatic N) is 1. The molecule has 1 amide bonds. The van der Waals surface area contributed by atoms with Crippen molar-refractivity contribution < 1.29 is 4.79 Å². The maximum atomic E-state index is 12.1. The Balaban J connectivity index is 2.02. The maximum absolute atomic E-state index is 12.1. The van der Waals surface area contributed by atoms with Gasteiger partial charge in [0, 0.05) is 18.7 Å². The van der Waals surface area contributed by atoms with Crippen LogP contribution in [0.25, 0.3) is 6.08 Å². The average molecular weight is 243 g/mol. The third-order valence-corrected chi connectivity index (χ3v) is 3.55. The summed E-state index contributed by atoms with van der Waals surface area (Å²) < 4.78 is 0. The summed E-state index contributed by atoms with van der Waals surface area (Å²) in [6.45, 7) is 5.10. The second kappa shape index (κ2) is 5.85. The molecule has 2 nitrogen and oxygen atoms in total. The summed E-state index contributed by atoms with van der Waals surface area (Å²) in [5, 5.41) is 0. The highest BCUT2D eigenvalue weighted by Crippen LogP contribution is 2.17. The molecule has 1 fully saturated rings. The average Bonchev–Trinajstić information content (AvgIpc) is 2.37. The Hall–Kier alpha value is -1.57. The Morgan fingerprint density at radius 1 is 1.39 bits per heavy atom. The van der Waals surface area contributed by atoms with Crippen molar-refractivity contribution in [3.05, 3.63) is 41.5 Å². The first-order chi connectivity index (χ1) is 8.66. The highest BCUT2D eigenvalue weighted by molar-refractivity contribution is 5.92. The van der Waals surface area contributed by atoms with E-state index in [1.165, 1.54) is 12.0 Å². The second-order valence-electron chi connectivity index (χ2n) is 5.12. The minimum absolute atomic E-state index is 0.142. The van der Waals surface area contributed by atoms with E-state index in [1.54, 1.807) is 6.08 Å². The van der Waals surface area contributed by atoms with Crippen LogP contribution in [-0.2, 0) is 4.79 Å². The number of hydrogen-bond acceptors (Lipinski definition) is 1. The summed E-state index contributed by atoms with van der Waals surface area (Å²) in [7, 11) is 0. The van der Waals surface area contributed by atoms with Crippen molar-refractivity contribution in [1.29, 1.82) is 0 Å². The Kier molecular flexibility index (Phi) is 4.19. The molecular weight excluding hydrogens is 222 g/mol. The van der Waals surface area contributed by atoms with Gasteiger partial charge in [-0.3, -0.25) is 4.79 Å². The number of benzene rings is 1.